The molecule has 1 aromatic rings. The van der Waals surface area contributed by atoms with Crippen LogP contribution in [0.5, 0.6) is 5.75 Å². The smallest absolute Gasteiger partial charge is 0.387 e. The molecule has 0 saturated carbocycles. The molecule has 0 aliphatic carbocycles. The number of rotatable bonds is 9. The molecular formula is C16H25F2N3O3S. The van der Waals surface area contributed by atoms with Crippen molar-refractivity contribution in [2.24, 2.45) is 4.99 Å². The van der Waals surface area contributed by atoms with Gasteiger partial charge in [-0.3, -0.25) is 4.99 Å². The van der Waals surface area contributed by atoms with Gasteiger partial charge < -0.3 is 15.0 Å². The zero-order chi connectivity index (χ0) is 18.9. The van der Waals surface area contributed by atoms with Crippen LogP contribution in [0.15, 0.2) is 29.3 Å². The summed E-state index contributed by atoms with van der Waals surface area (Å²) in [4.78, 5) is 6.29. The third kappa shape index (κ3) is 9.23. The number of alkyl halides is 2. The van der Waals surface area contributed by atoms with Crippen LogP contribution < -0.4 is 10.1 Å². The average molecular weight is 377 g/mol. The zero-order valence-corrected chi connectivity index (χ0v) is 15.5. The normalized spacial score (nSPS) is 12.3. The van der Waals surface area contributed by atoms with Crippen LogP contribution in [-0.4, -0.2) is 58.0 Å². The summed E-state index contributed by atoms with van der Waals surface area (Å²) in [5, 5.41) is 3.14. The molecule has 1 N–H and O–H groups in total. The summed E-state index contributed by atoms with van der Waals surface area (Å²) in [5.41, 5.74) is 0.908. The first-order chi connectivity index (χ1) is 11.7. The van der Waals surface area contributed by atoms with Crippen molar-refractivity contribution < 1.29 is 21.9 Å². The van der Waals surface area contributed by atoms with E-state index in [0.717, 1.165) is 5.56 Å². The van der Waals surface area contributed by atoms with Crippen LogP contribution in [0.1, 0.15) is 18.9 Å². The van der Waals surface area contributed by atoms with E-state index in [0.29, 0.717) is 32.0 Å². The quantitative estimate of drug-likeness (QED) is 0.406. The van der Waals surface area contributed by atoms with Gasteiger partial charge in [-0.15, -0.1) is 0 Å². The van der Waals surface area contributed by atoms with Crippen LogP contribution >= 0.6 is 0 Å². The molecule has 0 radical (unpaired) electrons. The molecule has 0 saturated heterocycles. The Hall–Kier alpha value is -1.90. The van der Waals surface area contributed by atoms with Gasteiger partial charge in [0.25, 0.3) is 0 Å². The minimum absolute atomic E-state index is 0.102. The fourth-order valence-electron chi connectivity index (χ4n) is 2.11. The Kier molecular flexibility index (Phi) is 8.60. The molecule has 9 heteroatoms. The van der Waals surface area contributed by atoms with Crippen LogP contribution in [0, 0.1) is 0 Å². The van der Waals surface area contributed by atoms with Crippen molar-refractivity contribution in [3.05, 3.63) is 29.8 Å². The molecule has 0 heterocycles. The predicted molar refractivity (Wildman–Crippen MR) is 94.8 cm³/mol. The Morgan fingerprint density at radius 1 is 1.32 bits per heavy atom. The van der Waals surface area contributed by atoms with Crippen molar-refractivity contribution in [2.75, 3.05) is 32.1 Å². The predicted octanol–water partition coefficient (Wildman–Crippen LogP) is 2.12. The monoisotopic (exact) mass is 377 g/mol. The SMILES string of the molecule is CCNC(=NCCCS(C)(=O)=O)N(C)Cc1ccc(OC(F)F)cc1. The molecule has 0 fully saturated rings. The second kappa shape index (κ2) is 10.2. The molecule has 25 heavy (non-hydrogen) atoms. The lowest BCUT2D eigenvalue weighted by molar-refractivity contribution is -0.0498. The van der Waals surface area contributed by atoms with Crippen molar-refractivity contribution in [1.29, 1.82) is 0 Å². The number of benzene rings is 1. The summed E-state index contributed by atoms with van der Waals surface area (Å²) < 4.78 is 50.9. The average Bonchev–Trinajstić information content (AvgIpc) is 2.50. The van der Waals surface area contributed by atoms with Crippen LogP contribution in [0.4, 0.5) is 8.78 Å². The summed E-state index contributed by atoms with van der Waals surface area (Å²) in [5.74, 6) is 0.872. The van der Waals surface area contributed by atoms with Gasteiger partial charge in [0.1, 0.15) is 15.6 Å². The highest BCUT2D eigenvalue weighted by molar-refractivity contribution is 7.90. The Bertz CT molecular complexity index is 649. The number of sulfone groups is 1. The van der Waals surface area contributed by atoms with Gasteiger partial charge in [-0.05, 0) is 31.0 Å². The van der Waals surface area contributed by atoms with Crippen LogP contribution in [0.3, 0.4) is 0 Å². The zero-order valence-electron chi connectivity index (χ0n) is 14.7. The van der Waals surface area contributed by atoms with Gasteiger partial charge in [-0.1, -0.05) is 12.1 Å². The molecule has 6 nitrogen and oxygen atoms in total. The van der Waals surface area contributed by atoms with Crippen molar-refractivity contribution in [1.82, 2.24) is 10.2 Å². The minimum Gasteiger partial charge on any atom is -0.435 e. The van der Waals surface area contributed by atoms with E-state index in [1.165, 1.54) is 18.4 Å². The number of ether oxygens (including phenoxy) is 1. The molecular weight excluding hydrogens is 352 g/mol. The van der Waals surface area contributed by atoms with E-state index in [9.17, 15) is 17.2 Å². The lowest BCUT2D eigenvalue weighted by Crippen LogP contribution is -2.38. The molecule has 0 aromatic heterocycles. The first kappa shape index (κ1) is 21.1. The lowest BCUT2D eigenvalue weighted by Gasteiger charge is -2.22. The Balaban J connectivity index is 2.64. The van der Waals surface area contributed by atoms with Gasteiger partial charge in [-0.25, -0.2) is 8.42 Å². The number of guanidine groups is 1. The number of nitrogens with one attached hydrogen (secondary N) is 1. The van der Waals surface area contributed by atoms with E-state index in [-0.39, 0.29) is 11.5 Å². The first-order valence-corrected chi connectivity index (χ1v) is 9.98. The Labute approximate surface area is 147 Å². The number of nitrogens with zero attached hydrogens (tertiary/aromatic N) is 2. The van der Waals surface area contributed by atoms with Gasteiger partial charge in [0.2, 0.25) is 0 Å². The van der Waals surface area contributed by atoms with Gasteiger partial charge in [0, 0.05) is 32.9 Å². The van der Waals surface area contributed by atoms with Crippen molar-refractivity contribution >= 4 is 15.8 Å². The molecule has 0 aliphatic heterocycles. The largest absolute Gasteiger partial charge is 0.435 e. The second-order valence-electron chi connectivity index (χ2n) is 5.60. The van der Waals surface area contributed by atoms with E-state index >= 15 is 0 Å². The van der Waals surface area contributed by atoms with Crippen LogP contribution in [0.25, 0.3) is 0 Å². The fraction of sp³-hybridized carbons (Fsp3) is 0.562. The summed E-state index contributed by atoms with van der Waals surface area (Å²) in [6.45, 7) is 0.702. The number of halogens is 2. The fourth-order valence-corrected chi connectivity index (χ4v) is 2.76. The summed E-state index contributed by atoms with van der Waals surface area (Å²) >= 11 is 0. The Morgan fingerprint density at radius 3 is 2.48 bits per heavy atom. The van der Waals surface area contributed by atoms with E-state index < -0.39 is 16.4 Å². The number of hydrogen-bond donors (Lipinski definition) is 1. The highest BCUT2D eigenvalue weighted by Gasteiger charge is 2.08. The molecule has 0 atom stereocenters. The summed E-state index contributed by atoms with van der Waals surface area (Å²) in [7, 11) is -1.14. The van der Waals surface area contributed by atoms with E-state index in [1.54, 1.807) is 12.1 Å². The molecule has 0 spiro atoms. The molecule has 0 amide bonds. The second-order valence-corrected chi connectivity index (χ2v) is 7.86. The summed E-state index contributed by atoms with van der Waals surface area (Å²) in [6.07, 6.45) is 1.66. The van der Waals surface area contributed by atoms with E-state index in [4.69, 9.17) is 0 Å². The number of hydrogen-bond acceptors (Lipinski definition) is 4. The van der Waals surface area contributed by atoms with E-state index in [2.05, 4.69) is 15.0 Å². The third-order valence-electron chi connectivity index (χ3n) is 3.20. The maximum Gasteiger partial charge on any atom is 0.387 e. The highest BCUT2D eigenvalue weighted by Crippen LogP contribution is 2.15. The van der Waals surface area contributed by atoms with Gasteiger partial charge in [-0.2, -0.15) is 8.78 Å². The van der Waals surface area contributed by atoms with Gasteiger partial charge >= 0.3 is 6.61 Å². The van der Waals surface area contributed by atoms with Crippen LogP contribution in [0.2, 0.25) is 0 Å². The first-order valence-electron chi connectivity index (χ1n) is 7.92. The number of aliphatic imine (C=N–C) groups is 1. The summed E-state index contributed by atoms with van der Waals surface area (Å²) in [6, 6.07) is 6.40. The lowest BCUT2D eigenvalue weighted by atomic mass is 10.2. The molecule has 0 bridgehead atoms. The minimum atomic E-state index is -2.98. The third-order valence-corrected chi connectivity index (χ3v) is 4.23. The van der Waals surface area contributed by atoms with Gasteiger partial charge in [0.05, 0.1) is 5.75 Å². The van der Waals surface area contributed by atoms with Crippen LogP contribution in [-0.2, 0) is 16.4 Å². The van der Waals surface area contributed by atoms with Gasteiger partial charge in [0.15, 0.2) is 5.96 Å². The molecule has 0 aliphatic rings. The molecule has 0 unspecified atom stereocenters. The molecule has 142 valence electrons. The Morgan fingerprint density at radius 2 is 1.96 bits per heavy atom. The highest BCUT2D eigenvalue weighted by atomic mass is 32.2. The van der Waals surface area contributed by atoms with Crippen molar-refractivity contribution in [3.8, 4) is 5.75 Å². The maximum absolute atomic E-state index is 12.2. The standard InChI is InChI=1S/C16H25F2N3O3S/c1-4-19-16(20-10-5-11-25(3,22)23)21(2)12-13-6-8-14(9-7-13)24-15(17)18/h6-9,15H,4-5,10-12H2,1-3H3,(H,19,20). The van der Waals surface area contributed by atoms with E-state index in [1.807, 2.05) is 18.9 Å². The molecule has 1 rings (SSSR count). The topological polar surface area (TPSA) is 71.0 Å². The molecule has 1 aromatic carbocycles. The van der Waals surface area contributed by atoms with Crippen molar-refractivity contribution in [3.63, 3.8) is 0 Å². The van der Waals surface area contributed by atoms with Crippen molar-refractivity contribution in [2.45, 2.75) is 26.5 Å². The maximum atomic E-state index is 12.2.